The molecule has 0 bridgehead atoms. The van der Waals surface area contributed by atoms with Crippen LogP contribution < -0.4 is 11.1 Å². The summed E-state index contributed by atoms with van der Waals surface area (Å²) in [6.07, 6.45) is 2.90. The van der Waals surface area contributed by atoms with E-state index in [1.807, 2.05) is 20.3 Å². The smallest absolute Gasteiger partial charge is 0.0255 e. The lowest BCUT2D eigenvalue weighted by Crippen LogP contribution is -2.16. The summed E-state index contributed by atoms with van der Waals surface area (Å²) in [4.78, 5) is 2.07. The molecule has 0 aliphatic heterocycles. The van der Waals surface area contributed by atoms with Gasteiger partial charge in [0.25, 0.3) is 0 Å². The summed E-state index contributed by atoms with van der Waals surface area (Å²) in [6.45, 7) is 10.0. The summed E-state index contributed by atoms with van der Waals surface area (Å²) in [6, 6.07) is 0. The van der Waals surface area contributed by atoms with Gasteiger partial charge in [-0.3, -0.25) is 0 Å². The van der Waals surface area contributed by atoms with Crippen LogP contribution in [0.2, 0.25) is 0 Å². The molecule has 0 radical (unpaired) electrons. The molecule has 3 nitrogen and oxygen atoms in total. The molecule has 0 saturated carbocycles. The van der Waals surface area contributed by atoms with E-state index < -0.39 is 0 Å². The van der Waals surface area contributed by atoms with E-state index in [-0.39, 0.29) is 0 Å². The van der Waals surface area contributed by atoms with E-state index in [0.717, 1.165) is 25.2 Å². The van der Waals surface area contributed by atoms with Gasteiger partial charge in [-0.05, 0) is 14.0 Å². The van der Waals surface area contributed by atoms with Crippen LogP contribution in [0.1, 0.15) is 13.3 Å². The quantitative estimate of drug-likeness (QED) is 0.631. The molecule has 0 aliphatic carbocycles. The van der Waals surface area contributed by atoms with Crippen molar-refractivity contribution in [1.29, 1.82) is 0 Å². The molecule has 3 N–H and O–H groups in total. The Balaban J connectivity index is 0. The molecule has 0 rings (SSSR count). The van der Waals surface area contributed by atoms with E-state index in [2.05, 4.69) is 30.3 Å². The second kappa shape index (κ2) is 11.0. The minimum Gasteiger partial charge on any atom is -0.401 e. The normalized spacial score (nSPS) is 10.2. The van der Waals surface area contributed by atoms with Crippen molar-refractivity contribution in [2.75, 3.05) is 27.2 Å². The van der Waals surface area contributed by atoms with Gasteiger partial charge in [-0.25, -0.2) is 0 Å². The molecule has 0 saturated heterocycles. The summed E-state index contributed by atoms with van der Waals surface area (Å²) >= 11 is 0. The van der Waals surface area contributed by atoms with Gasteiger partial charge in [-0.2, -0.15) is 0 Å². The van der Waals surface area contributed by atoms with E-state index >= 15 is 0 Å². The van der Waals surface area contributed by atoms with E-state index in [9.17, 15) is 0 Å². The van der Waals surface area contributed by atoms with Gasteiger partial charge in [0.05, 0.1) is 0 Å². The molecule has 78 valence electrons. The summed E-state index contributed by atoms with van der Waals surface area (Å²) in [5.41, 5.74) is 6.65. The maximum Gasteiger partial charge on any atom is 0.0255 e. The Morgan fingerprint density at radius 1 is 1.54 bits per heavy atom. The first-order chi connectivity index (χ1) is 6.20. The van der Waals surface area contributed by atoms with Crippen LogP contribution in [0.5, 0.6) is 0 Å². The van der Waals surface area contributed by atoms with Crippen LogP contribution in [0, 0.1) is 0 Å². The van der Waals surface area contributed by atoms with Crippen molar-refractivity contribution < 1.29 is 0 Å². The maximum absolute atomic E-state index is 5.72. The molecule has 3 heteroatoms. The summed E-state index contributed by atoms with van der Waals surface area (Å²) in [7, 11) is 3.95. The van der Waals surface area contributed by atoms with Crippen molar-refractivity contribution in [2.24, 2.45) is 5.73 Å². The van der Waals surface area contributed by atoms with Crippen LogP contribution in [-0.2, 0) is 0 Å². The maximum atomic E-state index is 5.72. The van der Waals surface area contributed by atoms with Gasteiger partial charge in [-0.15, -0.1) is 13.2 Å². The largest absolute Gasteiger partial charge is 0.401 e. The van der Waals surface area contributed by atoms with Crippen molar-refractivity contribution in [2.45, 2.75) is 13.3 Å². The van der Waals surface area contributed by atoms with Crippen LogP contribution >= 0.6 is 0 Å². The third kappa shape index (κ3) is 11.0. The molecular formula is C10H23N3. The van der Waals surface area contributed by atoms with E-state index in [0.29, 0.717) is 0 Å². The Bertz CT molecular complexity index is 132. The highest BCUT2D eigenvalue weighted by Gasteiger charge is 1.90. The van der Waals surface area contributed by atoms with E-state index in [1.54, 1.807) is 0 Å². The summed E-state index contributed by atoms with van der Waals surface area (Å²) in [5, 5.41) is 3.05. The number of nitrogens with one attached hydrogen (secondary N) is 1. The fourth-order valence-electron chi connectivity index (χ4n) is 0.708. The molecule has 0 spiro atoms. The predicted octanol–water partition coefficient (Wildman–Crippen LogP) is 1.15. The van der Waals surface area contributed by atoms with Crippen molar-refractivity contribution in [3.63, 3.8) is 0 Å². The lowest BCUT2D eigenvalue weighted by Gasteiger charge is -2.11. The molecule has 0 atom stereocenters. The standard InChI is InChI=1S/C8H19N3.C2H4/c1-4-11(3)7-8(9)5-6-10-2;1-2/h7,10H,4-6,9H2,1-3H3;1-2H2/b8-7-;. The zero-order chi connectivity index (χ0) is 10.7. The molecule has 0 fully saturated rings. The van der Waals surface area contributed by atoms with E-state index in [1.165, 1.54) is 0 Å². The Kier molecular flexibility index (Phi) is 12.4. The topological polar surface area (TPSA) is 41.3 Å². The number of hydrogen-bond donors (Lipinski definition) is 2. The lowest BCUT2D eigenvalue weighted by molar-refractivity contribution is 0.477. The fraction of sp³-hybridized carbons (Fsp3) is 0.600. The van der Waals surface area contributed by atoms with Crippen molar-refractivity contribution in [3.05, 3.63) is 25.1 Å². The third-order valence-electron chi connectivity index (χ3n) is 1.55. The molecule has 0 heterocycles. The average Bonchev–Trinajstić information content (AvgIpc) is 2.17. The monoisotopic (exact) mass is 185 g/mol. The number of nitrogens with zero attached hydrogens (tertiary/aromatic N) is 1. The molecule has 0 unspecified atom stereocenters. The zero-order valence-corrected chi connectivity index (χ0v) is 9.14. The summed E-state index contributed by atoms with van der Waals surface area (Å²) < 4.78 is 0. The molecule has 13 heavy (non-hydrogen) atoms. The highest BCUT2D eigenvalue weighted by Crippen LogP contribution is 1.92. The van der Waals surface area contributed by atoms with Crippen molar-refractivity contribution >= 4 is 0 Å². The molecule has 0 amide bonds. The minimum absolute atomic E-state index is 0.918. The molecular weight excluding hydrogens is 162 g/mol. The highest BCUT2D eigenvalue weighted by molar-refractivity contribution is 4.95. The van der Waals surface area contributed by atoms with Gasteiger partial charge in [0.15, 0.2) is 0 Å². The van der Waals surface area contributed by atoms with Crippen LogP contribution in [0.4, 0.5) is 0 Å². The predicted molar refractivity (Wildman–Crippen MR) is 60.4 cm³/mol. The van der Waals surface area contributed by atoms with E-state index in [4.69, 9.17) is 5.73 Å². The second-order valence-corrected chi connectivity index (χ2v) is 2.63. The van der Waals surface area contributed by atoms with Crippen LogP contribution in [-0.4, -0.2) is 32.1 Å². The van der Waals surface area contributed by atoms with Crippen LogP contribution in [0.15, 0.2) is 25.1 Å². The van der Waals surface area contributed by atoms with Gasteiger partial charge in [0, 0.05) is 38.5 Å². The van der Waals surface area contributed by atoms with Gasteiger partial charge in [0.1, 0.15) is 0 Å². The highest BCUT2D eigenvalue weighted by atomic mass is 15.1. The number of rotatable bonds is 5. The Hall–Kier alpha value is -0.960. The van der Waals surface area contributed by atoms with Gasteiger partial charge in [0.2, 0.25) is 0 Å². The molecule has 0 aliphatic rings. The first-order valence-electron chi connectivity index (χ1n) is 4.51. The Morgan fingerprint density at radius 2 is 2.08 bits per heavy atom. The first kappa shape index (κ1) is 14.6. The zero-order valence-electron chi connectivity index (χ0n) is 9.14. The first-order valence-corrected chi connectivity index (χ1v) is 4.51. The SMILES string of the molecule is C=C.CCN(C)/C=C(\N)CCNC. The van der Waals surface area contributed by atoms with Crippen LogP contribution in [0.3, 0.4) is 0 Å². The third-order valence-corrected chi connectivity index (χ3v) is 1.55. The number of nitrogens with two attached hydrogens (primary N) is 1. The fourth-order valence-corrected chi connectivity index (χ4v) is 0.708. The molecule has 0 aromatic carbocycles. The van der Waals surface area contributed by atoms with Crippen LogP contribution in [0.25, 0.3) is 0 Å². The minimum atomic E-state index is 0.918. The van der Waals surface area contributed by atoms with Gasteiger partial charge < -0.3 is 16.0 Å². The van der Waals surface area contributed by atoms with Gasteiger partial charge in [-0.1, -0.05) is 0 Å². The summed E-state index contributed by atoms with van der Waals surface area (Å²) in [5.74, 6) is 0. The van der Waals surface area contributed by atoms with Crippen molar-refractivity contribution in [3.8, 4) is 0 Å². The molecule has 0 aromatic rings. The molecule has 0 aromatic heterocycles. The average molecular weight is 185 g/mol. The van der Waals surface area contributed by atoms with Crippen molar-refractivity contribution in [1.82, 2.24) is 10.2 Å². The number of hydrogen-bond acceptors (Lipinski definition) is 3. The van der Waals surface area contributed by atoms with Gasteiger partial charge >= 0.3 is 0 Å². The Morgan fingerprint density at radius 3 is 2.46 bits per heavy atom. The Labute approximate surface area is 82.3 Å². The lowest BCUT2D eigenvalue weighted by atomic mass is 10.3. The second-order valence-electron chi connectivity index (χ2n) is 2.63.